The number of nitrogens with zero attached hydrogens (tertiary/aromatic N) is 3. The van der Waals surface area contributed by atoms with Gasteiger partial charge in [0.05, 0.1) is 12.7 Å². The summed E-state index contributed by atoms with van der Waals surface area (Å²) in [5, 5.41) is 11.3. The summed E-state index contributed by atoms with van der Waals surface area (Å²) in [5.41, 5.74) is 5.69. The number of amidine groups is 1. The van der Waals surface area contributed by atoms with Crippen LogP contribution in [-0.4, -0.2) is 40.3 Å². The SMILES string of the molecule is CC(C)OCCOc1nccc(/C(N)=N/O)n1. The molecule has 0 bridgehead atoms. The van der Waals surface area contributed by atoms with Gasteiger partial charge >= 0.3 is 6.01 Å². The molecule has 0 saturated carbocycles. The first-order valence-corrected chi connectivity index (χ1v) is 5.19. The molecule has 0 amide bonds. The van der Waals surface area contributed by atoms with Gasteiger partial charge in [-0.25, -0.2) is 4.98 Å². The van der Waals surface area contributed by atoms with E-state index in [1.807, 2.05) is 13.8 Å². The molecule has 0 aliphatic carbocycles. The van der Waals surface area contributed by atoms with Crippen LogP contribution < -0.4 is 10.5 Å². The Balaban J connectivity index is 2.49. The third kappa shape index (κ3) is 4.64. The zero-order valence-electron chi connectivity index (χ0n) is 9.83. The fourth-order valence-electron chi connectivity index (χ4n) is 1.02. The monoisotopic (exact) mass is 240 g/mol. The maximum Gasteiger partial charge on any atom is 0.317 e. The maximum absolute atomic E-state index is 8.50. The zero-order valence-corrected chi connectivity index (χ0v) is 9.83. The number of hydrogen-bond donors (Lipinski definition) is 2. The first-order valence-electron chi connectivity index (χ1n) is 5.19. The molecule has 7 heteroatoms. The highest BCUT2D eigenvalue weighted by molar-refractivity contribution is 5.95. The van der Waals surface area contributed by atoms with Crippen LogP contribution in [0.3, 0.4) is 0 Å². The highest BCUT2D eigenvalue weighted by Crippen LogP contribution is 2.02. The predicted molar refractivity (Wildman–Crippen MR) is 61.1 cm³/mol. The zero-order chi connectivity index (χ0) is 12.7. The normalized spacial score (nSPS) is 11.8. The molecule has 3 N–H and O–H groups in total. The van der Waals surface area contributed by atoms with Gasteiger partial charge in [-0.1, -0.05) is 5.16 Å². The maximum atomic E-state index is 8.50. The van der Waals surface area contributed by atoms with Crippen LogP contribution in [0.15, 0.2) is 17.4 Å². The van der Waals surface area contributed by atoms with Crippen molar-refractivity contribution in [3.05, 3.63) is 18.0 Å². The Morgan fingerprint density at radius 2 is 2.29 bits per heavy atom. The van der Waals surface area contributed by atoms with Crippen LogP contribution in [0.25, 0.3) is 0 Å². The van der Waals surface area contributed by atoms with Crippen LogP contribution >= 0.6 is 0 Å². The Morgan fingerprint density at radius 3 is 2.94 bits per heavy atom. The van der Waals surface area contributed by atoms with E-state index >= 15 is 0 Å². The van der Waals surface area contributed by atoms with Gasteiger partial charge in [-0.3, -0.25) is 0 Å². The minimum atomic E-state index is -0.0873. The Hall–Kier alpha value is -1.89. The first kappa shape index (κ1) is 13.2. The van der Waals surface area contributed by atoms with Crippen LogP contribution in [0.2, 0.25) is 0 Å². The van der Waals surface area contributed by atoms with Crippen molar-refractivity contribution < 1.29 is 14.7 Å². The van der Waals surface area contributed by atoms with Crippen molar-refractivity contribution in [3.8, 4) is 6.01 Å². The van der Waals surface area contributed by atoms with Crippen LogP contribution in [0.4, 0.5) is 0 Å². The molecule has 1 aromatic rings. The Labute approximate surface area is 99.3 Å². The van der Waals surface area contributed by atoms with Gasteiger partial charge in [-0.05, 0) is 19.9 Å². The quantitative estimate of drug-likeness (QED) is 0.245. The predicted octanol–water partition coefficient (Wildman–Crippen LogP) is 0.375. The van der Waals surface area contributed by atoms with E-state index in [-0.39, 0.29) is 18.0 Å². The lowest BCUT2D eigenvalue weighted by Crippen LogP contribution is -2.17. The van der Waals surface area contributed by atoms with Crippen LogP contribution in [0, 0.1) is 0 Å². The van der Waals surface area contributed by atoms with Crippen LogP contribution in [0.1, 0.15) is 19.5 Å². The topological polar surface area (TPSA) is 103 Å². The van der Waals surface area contributed by atoms with Gasteiger partial charge in [0, 0.05) is 6.20 Å². The van der Waals surface area contributed by atoms with Crippen molar-refractivity contribution in [2.75, 3.05) is 13.2 Å². The third-order valence-electron chi connectivity index (χ3n) is 1.77. The van der Waals surface area contributed by atoms with Gasteiger partial charge in [0.25, 0.3) is 0 Å². The summed E-state index contributed by atoms with van der Waals surface area (Å²) in [6.07, 6.45) is 1.63. The molecule has 0 atom stereocenters. The van der Waals surface area contributed by atoms with Crippen molar-refractivity contribution in [2.45, 2.75) is 20.0 Å². The van der Waals surface area contributed by atoms with E-state index < -0.39 is 0 Å². The molecule has 0 aromatic carbocycles. The summed E-state index contributed by atoms with van der Waals surface area (Å²) in [4.78, 5) is 7.85. The van der Waals surface area contributed by atoms with E-state index in [2.05, 4.69) is 15.1 Å². The summed E-state index contributed by atoms with van der Waals surface area (Å²) < 4.78 is 10.5. The van der Waals surface area contributed by atoms with Crippen molar-refractivity contribution >= 4 is 5.84 Å². The van der Waals surface area contributed by atoms with Gasteiger partial charge in [0.1, 0.15) is 12.3 Å². The highest BCUT2D eigenvalue weighted by atomic mass is 16.5. The molecular formula is C10H16N4O3. The number of hydrogen-bond acceptors (Lipinski definition) is 6. The standard InChI is InChI=1S/C10H16N4O3/c1-7(2)16-5-6-17-10-12-4-3-8(13-10)9(11)14-15/h3-4,7,15H,5-6H2,1-2H3,(H2,11,14). The minimum Gasteiger partial charge on any atom is -0.461 e. The van der Waals surface area contributed by atoms with Gasteiger partial charge in [-0.15, -0.1) is 0 Å². The highest BCUT2D eigenvalue weighted by Gasteiger charge is 2.04. The molecule has 0 aliphatic rings. The van der Waals surface area contributed by atoms with E-state index in [1.165, 1.54) is 12.3 Å². The molecule has 0 fully saturated rings. The van der Waals surface area contributed by atoms with Gasteiger partial charge in [-0.2, -0.15) is 4.98 Å². The minimum absolute atomic E-state index is 0.0873. The molecule has 0 unspecified atom stereocenters. The van der Waals surface area contributed by atoms with Crippen LogP contribution in [-0.2, 0) is 4.74 Å². The van der Waals surface area contributed by atoms with Crippen LogP contribution in [0.5, 0.6) is 6.01 Å². The largest absolute Gasteiger partial charge is 0.461 e. The van der Waals surface area contributed by atoms with E-state index in [9.17, 15) is 0 Å². The Kier molecular flexibility index (Phi) is 5.15. The number of ether oxygens (including phenoxy) is 2. The molecule has 0 spiro atoms. The summed E-state index contributed by atoms with van der Waals surface area (Å²) in [5.74, 6) is -0.0873. The molecule has 0 radical (unpaired) electrons. The van der Waals surface area contributed by atoms with E-state index in [0.717, 1.165) is 0 Å². The van der Waals surface area contributed by atoms with Crippen molar-refractivity contribution in [1.82, 2.24) is 9.97 Å². The van der Waals surface area contributed by atoms with Crippen molar-refractivity contribution in [3.63, 3.8) is 0 Å². The number of rotatable bonds is 6. The molecular weight excluding hydrogens is 224 g/mol. The molecule has 1 heterocycles. The third-order valence-corrected chi connectivity index (χ3v) is 1.77. The van der Waals surface area contributed by atoms with E-state index in [4.69, 9.17) is 20.4 Å². The summed E-state index contributed by atoms with van der Waals surface area (Å²) in [7, 11) is 0. The molecule has 1 aromatic heterocycles. The molecule has 17 heavy (non-hydrogen) atoms. The molecule has 0 saturated heterocycles. The Bertz CT molecular complexity index is 382. The fourth-order valence-corrected chi connectivity index (χ4v) is 1.02. The molecule has 7 nitrogen and oxygen atoms in total. The van der Waals surface area contributed by atoms with Gasteiger partial charge in [0.2, 0.25) is 0 Å². The summed E-state index contributed by atoms with van der Waals surface area (Å²) >= 11 is 0. The number of oxime groups is 1. The molecule has 0 aliphatic heterocycles. The second kappa shape index (κ2) is 6.64. The van der Waals surface area contributed by atoms with E-state index in [1.54, 1.807) is 0 Å². The average Bonchev–Trinajstić information content (AvgIpc) is 2.34. The average molecular weight is 240 g/mol. The lowest BCUT2D eigenvalue weighted by atomic mass is 10.4. The molecule has 94 valence electrons. The lowest BCUT2D eigenvalue weighted by molar-refractivity contribution is 0.0531. The molecule has 1 rings (SSSR count). The summed E-state index contributed by atoms with van der Waals surface area (Å²) in [6.45, 7) is 4.68. The summed E-state index contributed by atoms with van der Waals surface area (Å²) in [6, 6.07) is 1.69. The van der Waals surface area contributed by atoms with Gasteiger partial charge in [0.15, 0.2) is 5.84 Å². The first-order chi connectivity index (χ1) is 8.13. The fraction of sp³-hybridized carbons (Fsp3) is 0.500. The number of nitrogens with two attached hydrogens (primary N) is 1. The van der Waals surface area contributed by atoms with Crippen molar-refractivity contribution in [2.24, 2.45) is 10.9 Å². The smallest absolute Gasteiger partial charge is 0.317 e. The lowest BCUT2D eigenvalue weighted by Gasteiger charge is -2.08. The van der Waals surface area contributed by atoms with E-state index in [0.29, 0.717) is 18.9 Å². The van der Waals surface area contributed by atoms with Crippen molar-refractivity contribution in [1.29, 1.82) is 0 Å². The second-order valence-electron chi connectivity index (χ2n) is 3.48. The second-order valence-corrected chi connectivity index (χ2v) is 3.48. The van der Waals surface area contributed by atoms with Gasteiger partial charge < -0.3 is 20.4 Å². The Morgan fingerprint density at radius 1 is 1.53 bits per heavy atom. The number of aromatic nitrogens is 2.